The van der Waals surface area contributed by atoms with E-state index in [0.717, 1.165) is 6.54 Å². The fraction of sp³-hybridized carbons (Fsp3) is 0.333. The summed E-state index contributed by atoms with van der Waals surface area (Å²) in [5.41, 5.74) is 2.61. The largest absolute Gasteiger partial charge is 0.486 e. The average molecular weight is 517 g/mol. The molecule has 1 aliphatic rings. The summed E-state index contributed by atoms with van der Waals surface area (Å²) in [6.45, 7) is 5.53. The SMILES string of the molecule is C[C@@H]1CN([C@@H](C)CO)C(=O)c2cccc(NC(=O)Nc3ccccc3)c2O[C@@H]1CN(C)Cc1ccccc1. The maximum atomic E-state index is 13.6. The van der Waals surface area contributed by atoms with Crippen molar-refractivity contribution in [1.82, 2.24) is 9.80 Å². The number of amides is 3. The van der Waals surface area contributed by atoms with Gasteiger partial charge in [-0.2, -0.15) is 0 Å². The second-order valence-corrected chi connectivity index (χ2v) is 9.93. The third-order valence-electron chi connectivity index (χ3n) is 6.76. The van der Waals surface area contributed by atoms with Crippen molar-refractivity contribution in [3.63, 3.8) is 0 Å². The first-order valence-electron chi connectivity index (χ1n) is 12.9. The molecule has 3 N–H and O–H groups in total. The standard InChI is InChI=1S/C30H36N4O4/c1-21-17-34(22(2)20-35)29(36)25-15-10-16-26(32-30(37)31-24-13-8-5-9-14-24)28(25)38-27(21)19-33(3)18-23-11-6-4-7-12-23/h4-16,21-22,27,35H,17-20H2,1-3H3,(H2,31,32,37)/t21-,22+,27-/m1/s1. The fourth-order valence-corrected chi connectivity index (χ4v) is 4.63. The first kappa shape index (κ1) is 27.2. The molecule has 3 amide bonds. The molecule has 0 saturated carbocycles. The van der Waals surface area contributed by atoms with Gasteiger partial charge in [0.25, 0.3) is 5.91 Å². The van der Waals surface area contributed by atoms with Crippen LogP contribution < -0.4 is 15.4 Å². The summed E-state index contributed by atoms with van der Waals surface area (Å²) in [6, 6.07) is 23.7. The van der Waals surface area contributed by atoms with Crippen LogP contribution in [0.5, 0.6) is 5.75 Å². The van der Waals surface area contributed by atoms with Crippen molar-refractivity contribution in [1.29, 1.82) is 0 Å². The number of carbonyl (C=O) groups is 2. The zero-order valence-corrected chi connectivity index (χ0v) is 22.1. The minimum atomic E-state index is -0.436. The van der Waals surface area contributed by atoms with Gasteiger partial charge < -0.3 is 25.4 Å². The van der Waals surface area contributed by atoms with Crippen molar-refractivity contribution in [3.8, 4) is 5.75 Å². The van der Waals surface area contributed by atoms with E-state index in [1.807, 2.05) is 50.4 Å². The van der Waals surface area contributed by atoms with Gasteiger partial charge in [0, 0.05) is 31.2 Å². The molecule has 0 saturated heterocycles. The highest BCUT2D eigenvalue weighted by atomic mass is 16.5. The molecule has 0 bridgehead atoms. The Morgan fingerprint density at radius 1 is 1.05 bits per heavy atom. The first-order chi connectivity index (χ1) is 18.4. The Labute approximate surface area is 224 Å². The Morgan fingerprint density at radius 3 is 2.42 bits per heavy atom. The highest BCUT2D eigenvalue weighted by Gasteiger charge is 2.34. The molecule has 1 heterocycles. The molecule has 0 fully saturated rings. The van der Waals surface area contributed by atoms with Gasteiger partial charge in [-0.05, 0) is 43.8 Å². The highest BCUT2D eigenvalue weighted by molar-refractivity contribution is 6.04. The van der Waals surface area contributed by atoms with Crippen LogP contribution in [-0.4, -0.2) is 65.7 Å². The van der Waals surface area contributed by atoms with Crippen molar-refractivity contribution in [3.05, 3.63) is 90.0 Å². The number of para-hydroxylation sites is 2. The van der Waals surface area contributed by atoms with Gasteiger partial charge in [-0.1, -0.05) is 61.5 Å². The predicted octanol–water partition coefficient (Wildman–Crippen LogP) is 4.68. The lowest BCUT2D eigenvalue weighted by atomic mass is 9.99. The van der Waals surface area contributed by atoms with E-state index in [0.29, 0.717) is 35.8 Å². The molecule has 200 valence electrons. The molecule has 0 aliphatic carbocycles. The first-order valence-corrected chi connectivity index (χ1v) is 12.9. The third kappa shape index (κ3) is 6.70. The van der Waals surface area contributed by atoms with Gasteiger partial charge in [0.05, 0.1) is 23.9 Å². The number of nitrogens with zero attached hydrogens (tertiary/aromatic N) is 2. The van der Waals surface area contributed by atoms with E-state index in [1.54, 1.807) is 35.2 Å². The topological polar surface area (TPSA) is 94.1 Å². The summed E-state index contributed by atoms with van der Waals surface area (Å²) in [4.78, 5) is 30.4. The Bertz CT molecular complexity index is 1220. The molecule has 0 unspecified atom stereocenters. The molecule has 8 heteroatoms. The monoisotopic (exact) mass is 516 g/mol. The number of carbonyl (C=O) groups excluding carboxylic acids is 2. The molecule has 3 aromatic rings. The summed E-state index contributed by atoms with van der Waals surface area (Å²) in [5, 5.41) is 15.6. The molecule has 8 nitrogen and oxygen atoms in total. The molecule has 1 aliphatic heterocycles. The fourth-order valence-electron chi connectivity index (χ4n) is 4.63. The number of aliphatic hydroxyl groups is 1. The normalized spacial score (nSPS) is 18.1. The second kappa shape index (κ2) is 12.6. The maximum absolute atomic E-state index is 13.6. The number of nitrogens with one attached hydrogen (secondary N) is 2. The quantitative estimate of drug-likeness (QED) is 0.404. The summed E-state index contributed by atoms with van der Waals surface area (Å²) < 4.78 is 6.58. The molecule has 0 aromatic heterocycles. The van der Waals surface area contributed by atoms with Crippen molar-refractivity contribution >= 4 is 23.3 Å². The van der Waals surface area contributed by atoms with Crippen LogP contribution in [0.25, 0.3) is 0 Å². The molecule has 4 rings (SSSR count). The van der Waals surface area contributed by atoms with Gasteiger partial charge in [0.15, 0.2) is 5.75 Å². The van der Waals surface area contributed by atoms with Gasteiger partial charge >= 0.3 is 6.03 Å². The summed E-state index contributed by atoms with van der Waals surface area (Å²) in [5.74, 6) is 0.0580. The van der Waals surface area contributed by atoms with E-state index < -0.39 is 6.03 Å². The second-order valence-electron chi connectivity index (χ2n) is 9.93. The minimum absolute atomic E-state index is 0.0366. The lowest BCUT2D eigenvalue weighted by Gasteiger charge is -2.38. The van der Waals surface area contributed by atoms with E-state index in [4.69, 9.17) is 4.74 Å². The minimum Gasteiger partial charge on any atom is -0.486 e. The smallest absolute Gasteiger partial charge is 0.323 e. The van der Waals surface area contributed by atoms with Crippen LogP contribution in [0.2, 0.25) is 0 Å². The van der Waals surface area contributed by atoms with Gasteiger partial charge in [-0.15, -0.1) is 0 Å². The van der Waals surface area contributed by atoms with Crippen LogP contribution in [-0.2, 0) is 6.54 Å². The van der Waals surface area contributed by atoms with E-state index in [1.165, 1.54) is 5.56 Å². The van der Waals surface area contributed by atoms with Gasteiger partial charge in [-0.3, -0.25) is 9.69 Å². The van der Waals surface area contributed by atoms with Crippen molar-refractivity contribution in [2.75, 3.05) is 37.4 Å². The zero-order valence-electron chi connectivity index (χ0n) is 22.1. The van der Waals surface area contributed by atoms with Crippen LogP contribution in [0, 0.1) is 5.92 Å². The number of anilines is 2. The number of ether oxygens (including phenoxy) is 1. The third-order valence-corrected chi connectivity index (χ3v) is 6.76. The van der Waals surface area contributed by atoms with Crippen molar-refractivity contribution < 1.29 is 19.4 Å². The van der Waals surface area contributed by atoms with Crippen molar-refractivity contribution in [2.45, 2.75) is 32.5 Å². The summed E-state index contributed by atoms with van der Waals surface area (Å²) in [7, 11) is 2.04. The lowest BCUT2D eigenvalue weighted by molar-refractivity contribution is 0.0343. The zero-order chi connectivity index (χ0) is 27.1. The number of aliphatic hydroxyl groups excluding tert-OH is 1. The Balaban J connectivity index is 1.63. The molecule has 38 heavy (non-hydrogen) atoms. The van der Waals surface area contributed by atoms with E-state index in [2.05, 4.69) is 34.6 Å². The Morgan fingerprint density at radius 2 is 1.74 bits per heavy atom. The van der Waals surface area contributed by atoms with Crippen LogP contribution >= 0.6 is 0 Å². The number of hydrogen-bond acceptors (Lipinski definition) is 5. The summed E-state index contributed by atoms with van der Waals surface area (Å²) >= 11 is 0. The number of benzene rings is 3. The predicted molar refractivity (Wildman–Crippen MR) is 149 cm³/mol. The number of urea groups is 1. The Kier molecular flexibility index (Phi) is 8.99. The molecule has 0 spiro atoms. The van der Waals surface area contributed by atoms with Gasteiger partial charge in [0.2, 0.25) is 0 Å². The molecular weight excluding hydrogens is 480 g/mol. The number of rotatable bonds is 8. The van der Waals surface area contributed by atoms with Crippen LogP contribution in [0.3, 0.4) is 0 Å². The van der Waals surface area contributed by atoms with E-state index >= 15 is 0 Å². The van der Waals surface area contributed by atoms with Crippen LogP contribution in [0.1, 0.15) is 29.8 Å². The summed E-state index contributed by atoms with van der Waals surface area (Å²) in [6.07, 6.45) is -0.274. The van der Waals surface area contributed by atoms with E-state index in [9.17, 15) is 14.7 Å². The Hall–Kier alpha value is -3.88. The number of hydrogen-bond donors (Lipinski definition) is 3. The number of likely N-dealkylation sites (N-methyl/N-ethyl adjacent to an activating group) is 1. The van der Waals surface area contributed by atoms with Gasteiger partial charge in [0.1, 0.15) is 6.10 Å². The average Bonchev–Trinajstić information content (AvgIpc) is 2.91. The highest BCUT2D eigenvalue weighted by Crippen LogP contribution is 2.35. The maximum Gasteiger partial charge on any atom is 0.323 e. The van der Waals surface area contributed by atoms with Crippen LogP contribution in [0.15, 0.2) is 78.9 Å². The molecular formula is C30H36N4O4. The van der Waals surface area contributed by atoms with Crippen LogP contribution in [0.4, 0.5) is 16.2 Å². The van der Waals surface area contributed by atoms with Gasteiger partial charge in [-0.25, -0.2) is 4.79 Å². The lowest BCUT2D eigenvalue weighted by Crippen LogP contribution is -2.49. The van der Waals surface area contributed by atoms with E-state index in [-0.39, 0.29) is 30.6 Å². The number of fused-ring (bicyclic) bond motifs is 1. The van der Waals surface area contributed by atoms with Crippen molar-refractivity contribution in [2.24, 2.45) is 5.92 Å². The molecule has 3 atom stereocenters. The molecule has 0 radical (unpaired) electrons. The molecule has 3 aromatic carbocycles.